The second-order valence-corrected chi connectivity index (χ2v) is 7.85. The third-order valence-electron chi connectivity index (χ3n) is 5.11. The minimum Gasteiger partial charge on any atom is -0.455 e. The first-order valence-electron chi connectivity index (χ1n) is 10.8. The fourth-order valence-corrected chi connectivity index (χ4v) is 3.43. The number of hydrogen-bond donors (Lipinski definition) is 1. The molecule has 0 aliphatic rings. The van der Waals surface area contributed by atoms with Crippen molar-refractivity contribution in [3.63, 3.8) is 0 Å². The maximum absolute atomic E-state index is 12.3. The number of furan rings is 1. The van der Waals surface area contributed by atoms with Crippen LogP contribution in [0.15, 0.2) is 71.1 Å². The van der Waals surface area contributed by atoms with E-state index in [1.807, 2.05) is 12.1 Å². The maximum atomic E-state index is 12.3. The molecule has 0 unspecified atom stereocenters. The van der Waals surface area contributed by atoms with Gasteiger partial charge in [0.05, 0.1) is 6.54 Å². The molecule has 1 aromatic heterocycles. The Kier molecular flexibility index (Phi) is 8.28. The van der Waals surface area contributed by atoms with Gasteiger partial charge >= 0.3 is 0 Å². The molecule has 4 nitrogen and oxygen atoms in total. The summed E-state index contributed by atoms with van der Waals surface area (Å²) in [6, 6.07) is 22.7. The van der Waals surface area contributed by atoms with Gasteiger partial charge in [-0.1, -0.05) is 79.9 Å². The molecule has 3 rings (SSSR count). The van der Waals surface area contributed by atoms with Crippen LogP contribution in [-0.4, -0.2) is 17.4 Å². The minimum atomic E-state index is -0.134. The maximum Gasteiger partial charge on any atom is 0.286 e. The van der Waals surface area contributed by atoms with Gasteiger partial charge in [0.25, 0.3) is 5.91 Å². The normalized spacial score (nSPS) is 11.0. The fraction of sp³-hybridized carbons (Fsp3) is 0.346. The largest absolute Gasteiger partial charge is 0.455 e. The molecule has 4 heteroatoms. The van der Waals surface area contributed by atoms with Crippen LogP contribution >= 0.6 is 0 Å². The van der Waals surface area contributed by atoms with Gasteiger partial charge in [-0.15, -0.1) is 0 Å². The number of carbonyl (C=O) groups excluding carboxylic acids is 1. The van der Waals surface area contributed by atoms with Crippen molar-refractivity contribution < 1.29 is 9.21 Å². The molecule has 158 valence electrons. The first-order chi connectivity index (χ1) is 14.6. The molecule has 0 aliphatic heterocycles. The topological polar surface area (TPSA) is 45.5 Å². The van der Waals surface area contributed by atoms with Gasteiger partial charge in [0.1, 0.15) is 5.76 Å². The van der Waals surface area contributed by atoms with E-state index in [-0.39, 0.29) is 5.91 Å². The van der Waals surface area contributed by atoms with Gasteiger partial charge in [0.15, 0.2) is 5.76 Å². The van der Waals surface area contributed by atoms with E-state index in [4.69, 9.17) is 4.42 Å². The van der Waals surface area contributed by atoms with Gasteiger partial charge in [0, 0.05) is 19.6 Å². The number of unbranched alkanes of at least 4 members (excludes halogenated alkanes) is 2. The van der Waals surface area contributed by atoms with Crippen LogP contribution in [0.2, 0.25) is 0 Å². The monoisotopic (exact) mass is 404 g/mol. The van der Waals surface area contributed by atoms with Crippen molar-refractivity contribution in [3.8, 4) is 0 Å². The van der Waals surface area contributed by atoms with E-state index in [2.05, 4.69) is 72.6 Å². The van der Waals surface area contributed by atoms with Crippen LogP contribution in [0.25, 0.3) is 0 Å². The third kappa shape index (κ3) is 6.89. The quantitative estimate of drug-likeness (QED) is 0.416. The first-order valence-corrected chi connectivity index (χ1v) is 10.8. The predicted molar refractivity (Wildman–Crippen MR) is 121 cm³/mol. The number of carbonyl (C=O) groups is 1. The summed E-state index contributed by atoms with van der Waals surface area (Å²) >= 11 is 0. The Balaban J connectivity index is 1.65. The Morgan fingerprint density at radius 2 is 1.57 bits per heavy atom. The number of nitrogens with one attached hydrogen (secondary N) is 1. The lowest BCUT2D eigenvalue weighted by Gasteiger charge is -2.21. The van der Waals surface area contributed by atoms with Gasteiger partial charge < -0.3 is 9.73 Å². The summed E-state index contributed by atoms with van der Waals surface area (Å²) in [6.07, 6.45) is 3.26. The zero-order chi connectivity index (χ0) is 21.2. The summed E-state index contributed by atoms with van der Waals surface area (Å²) in [7, 11) is 0. The SMILES string of the molecule is CCCCCNC(=O)c1ccc(CN(Cc2ccccc2)Cc2ccc(C)cc2)o1. The molecule has 3 aromatic rings. The van der Waals surface area contributed by atoms with E-state index in [9.17, 15) is 4.79 Å². The Bertz CT molecular complexity index is 900. The van der Waals surface area contributed by atoms with E-state index < -0.39 is 0 Å². The molecule has 0 fully saturated rings. The molecule has 1 heterocycles. The van der Waals surface area contributed by atoms with Crippen LogP contribution in [-0.2, 0) is 19.6 Å². The van der Waals surface area contributed by atoms with Crippen molar-refractivity contribution in [1.29, 1.82) is 0 Å². The number of amides is 1. The second kappa shape index (κ2) is 11.4. The molecule has 1 N–H and O–H groups in total. The number of rotatable bonds is 11. The molecule has 0 saturated carbocycles. The number of hydrogen-bond acceptors (Lipinski definition) is 3. The lowest BCUT2D eigenvalue weighted by molar-refractivity contribution is 0.0920. The summed E-state index contributed by atoms with van der Waals surface area (Å²) in [5, 5.41) is 2.94. The first kappa shape index (κ1) is 21.8. The van der Waals surface area contributed by atoms with E-state index in [1.54, 1.807) is 6.07 Å². The Labute approximate surface area is 179 Å². The molecule has 0 aliphatic carbocycles. The van der Waals surface area contributed by atoms with Crippen LogP contribution in [0.4, 0.5) is 0 Å². The van der Waals surface area contributed by atoms with Crippen molar-refractivity contribution in [1.82, 2.24) is 10.2 Å². The molecule has 2 aromatic carbocycles. The Morgan fingerprint density at radius 3 is 2.27 bits per heavy atom. The van der Waals surface area contributed by atoms with E-state index in [0.29, 0.717) is 18.8 Å². The molecule has 0 bridgehead atoms. The van der Waals surface area contributed by atoms with E-state index in [0.717, 1.165) is 38.1 Å². The molecular formula is C26H32N2O2. The standard InChI is InChI=1S/C26H32N2O2/c1-3-4-8-17-27-26(29)25-16-15-24(30-25)20-28(18-22-9-6-5-7-10-22)19-23-13-11-21(2)12-14-23/h5-7,9-16H,3-4,8,17-20H2,1-2H3,(H,27,29). The highest BCUT2D eigenvalue weighted by atomic mass is 16.4. The van der Waals surface area contributed by atoms with Gasteiger partial charge in [-0.25, -0.2) is 0 Å². The Hall–Kier alpha value is -2.85. The highest BCUT2D eigenvalue weighted by molar-refractivity contribution is 5.91. The van der Waals surface area contributed by atoms with Crippen LogP contribution in [0.1, 0.15) is 59.2 Å². The number of benzene rings is 2. The van der Waals surface area contributed by atoms with Crippen LogP contribution < -0.4 is 5.32 Å². The van der Waals surface area contributed by atoms with Gasteiger partial charge in [0.2, 0.25) is 0 Å². The van der Waals surface area contributed by atoms with E-state index >= 15 is 0 Å². The molecular weight excluding hydrogens is 372 g/mol. The summed E-state index contributed by atoms with van der Waals surface area (Å²) in [5.41, 5.74) is 3.77. The highest BCUT2D eigenvalue weighted by Gasteiger charge is 2.14. The Morgan fingerprint density at radius 1 is 0.867 bits per heavy atom. The summed E-state index contributed by atoms with van der Waals surface area (Å²) in [5.74, 6) is 1.05. The van der Waals surface area contributed by atoms with Gasteiger partial charge in [-0.2, -0.15) is 0 Å². The van der Waals surface area contributed by atoms with Crippen LogP contribution in [0.3, 0.4) is 0 Å². The molecule has 0 saturated heterocycles. The minimum absolute atomic E-state index is 0.134. The summed E-state index contributed by atoms with van der Waals surface area (Å²) in [6.45, 7) is 7.21. The lowest BCUT2D eigenvalue weighted by atomic mass is 10.1. The zero-order valence-corrected chi connectivity index (χ0v) is 18.1. The molecule has 0 atom stereocenters. The lowest BCUT2D eigenvalue weighted by Crippen LogP contribution is -2.24. The fourth-order valence-electron chi connectivity index (χ4n) is 3.43. The molecule has 30 heavy (non-hydrogen) atoms. The zero-order valence-electron chi connectivity index (χ0n) is 18.1. The van der Waals surface area contributed by atoms with Crippen molar-refractivity contribution in [2.75, 3.05) is 6.54 Å². The molecule has 0 radical (unpaired) electrons. The van der Waals surface area contributed by atoms with E-state index in [1.165, 1.54) is 16.7 Å². The average Bonchev–Trinajstić information content (AvgIpc) is 3.22. The molecule has 1 amide bonds. The van der Waals surface area contributed by atoms with Crippen molar-refractivity contribution >= 4 is 5.91 Å². The highest BCUT2D eigenvalue weighted by Crippen LogP contribution is 2.17. The summed E-state index contributed by atoms with van der Waals surface area (Å²) < 4.78 is 5.87. The van der Waals surface area contributed by atoms with Gasteiger partial charge in [-0.05, 0) is 36.6 Å². The van der Waals surface area contributed by atoms with Crippen molar-refractivity contribution in [2.45, 2.75) is 52.7 Å². The predicted octanol–water partition coefficient (Wildman–Crippen LogP) is 5.71. The number of nitrogens with zero attached hydrogens (tertiary/aromatic N) is 1. The van der Waals surface area contributed by atoms with Gasteiger partial charge in [-0.3, -0.25) is 9.69 Å². The van der Waals surface area contributed by atoms with Crippen molar-refractivity contribution in [2.24, 2.45) is 0 Å². The smallest absolute Gasteiger partial charge is 0.286 e. The summed E-state index contributed by atoms with van der Waals surface area (Å²) in [4.78, 5) is 14.6. The average molecular weight is 405 g/mol. The third-order valence-corrected chi connectivity index (χ3v) is 5.11. The van der Waals surface area contributed by atoms with Crippen LogP contribution in [0, 0.1) is 6.92 Å². The second-order valence-electron chi connectivity index (χ2n) is 7.85. The number of aryl methyl sites for hydroxylation is 1. The van der Waals surface area contributed by atoms with Crippen LogP contribution in [0.5, 0.6) is 0 Å². The molecule has 0 spiro atoms. The van der Waals surface area contributed by atoms with Crippen molar-refractivity contribution in [3.05, 3.63) is 94.9 Å².